The second-order valence-electron chi connectivity index (χ2n) is 5.90. The number of alkyl halides is 1. The fraction of sp³-hybridized carbons (Fsp3) is 0.364. The van der Waals surface area contributed by atoms with Gasteiger partial charge < -0.3 is 14.8 Å². The maximum atomic E-state index is 9.72. The summed E-state index contributed by atoms with van der Waals surface area (Å²) in [4.78, 5) is 9.07. The lowest BCUT2D eigenvalue weighted by Gasteiger charge is -2.08. The Labute approximate surface area is 172 Å². The molecule has 0 aliphatic rings. The molecule has 0 radical (unpaired) electrons. The number of halogens is 1. The van der Waals surface area contributed by atoms with Gasteiger partial charge in [0, 0.05) is 12.4 Å². The minimum absolute atomic E-state index is 0.0551. The van der Waals surface area contributed by atoms with E-state index in [0.29, 0.717) is 12.8 Å². The molecule has 2 rings (SSSR count). The highest BCUT2D eigenvalue weighted by Gasteiger charge is 2.05. The molecule has 0 amide bonds. The van der Waals surface area contributed by atoms with Crippen LogP contribution >= 0.6 is 11.6 Å². The van der Waals surface area contributed by atoms with Crippen LogP contribution in [-0.2, 0) is 9.68 Å². The van der Waals surface area contributed by atoms with Crippen molar-refractivity contribution in [1.82, 2.24) is 0 Å². The predicted octanol–water partition coefficient (Wildman–Crippen LogP) is 5.51. The molecule has 0 bridgehead atoms. The van der Waals surface area contributed by atoms with Crippen molar-refractivity contribution in [2.75, 3.05) is 14.2 Å². The first kappa shape index (κ1) is 23.7. The number of aliphatic hydroxyl groups is 1. The van der Waals surface area contributed by atoms with Crippen molar-refractivity contribution in [2.45, 2.75) is 37.2 Å². The molecule has 2 atom stereocenters. The standard InChI is InChI=1S/C11H14ClNO.C11H15NO2/c1-14-13-9-5-8-11(12)10-6-3-2-4-7-10;1-14-12-9-5-8-11(13)10-6-3-2-4-7-10/h2-4,6-7,9,11H,5,8H2,1H3;2-4,6-7,9,11,13H,5,8H2,1H3/b13-9+;12-9+. The lowest BCUT2D eigenvalue weighted by atomic mass is 10.1. The van der Waals surface area contributed by atoms with Crippen LogP contribution < -0.4 is 0 Å². The highest BCUT2D eigenvalue weighted by atomic mass is 35.5. The molecule has 0 fully saturated rings. The van der Waals surface area contributed by atoms with E-state index in [1.54, 1.807) is 12.4 Å². The van der Waals surface area contributed by atoms with Crippen molar-refractivity contribution in [3.8, 4) is 0 Å². The van der Waals surface area contributed by atoms with Crippen LogP contribution in [-0.4, -0.2) is 31.8 Å². The first-order valence-corrected chi connectivity index (χ1v) is 9.64. The maximum absolute atomic E-state index is 9.72. The summed E-state index contributed by atoms with van der Waals surface area (Å²) in [7, 11) is 3.04. The third-order valence-corrected chi connectivity index (χ3v) is 4.29. The van der Waals surface area contributed by atoms with Gasteiger partial charge in [-0.2, -0.15) is 0 Å². The van der Waals surface area contributed by atoms with Gasteiger partial charge in [-0.3, -0.25) is 0 Å². The van der Waals surface area contributed by atoms with Crippen molar-refractivity contribution in [3.63, 3.8) is 0 Å². The van der Waals surface area contributed by atoms with Crippen LogP contribution in [0.4, 0.5) is 0 Å². The summed E-state index contributed by atoms with van der Waals surface area (Å²) in [5.74, 6) is 0. The van der Waals surface area contributed by atoms with Gasteiger partial charge in [-0.15, -0.1) is 11.6 Å². The first-order chi connectivity index (χ1) is 13.7. The fourth-order valence-corrected chi connectivity index (χ4v) is 2.65. The number of aliphatic hydroxyl groups excluding tert-OH is 1. The highest BCUT2D eigenvalue weighted by Crippen LogP contribution is 2.24. The molecule has 0 heterocycles. The summed E-state index contributed by atoms with van der Waals surface area (Å²) >= 11 is 6.18. The first-order valence-electron chi connectivity index (χ1n) is 9.21. The zero-order valence-corrected chi connectivity index (χ0v) is 17.2. The summed E-state index contributed by atoms with van der Waals surface area (Å²) in [6, 6.07) is 19.6. The molecule has 0 spiro atoms. The second kappa shape index (κ2) is 15.7. The number of nitrogens with zero attached hydrogens (tertiary/aromatic N) is 2. The van der Waals surface area contributed by atoms with E-state index < -0.39 is 6.10 Å². The summed E-state index contributed by atoms with van der Waals surface area (Å²) in [5.41, 5.74) is 2.10. The smallest absolute Gasteiger partial charge is 0.106 e. The summed E-state index contributed by atoms with van der Waals surface area (Å²) in [5, 5.41) is 17.0. The van der Waals surface area contributed by atoms with Crippen LogP contribution in [0.15, 0.2) is 71.0 Å². The SMILES string of the molecule is CO/N=C/CCC(Cl)c1ccccc1.CO/N=C/CCC(O)c1ccccc1. The summed E-state index contributed by atoms with van der Waals surface area (Å²) in [6.45, 7) is 0. The maximum Gasteiger partial charge on any atom is 0.106 e. The van der Waals surface area contributed by atoms with E-state index in [1.165, 1.54) is 14.2 Å². The van der Waals surface area contributed by atoms with E-state index in [-0.39, 0.29) is 5.38 Å². The monoisotopic (exact) mass is 404 g/mol. The van der Waals surface area contributed by atoms with Crippen LogP contribution in [0, 0.1) is 0 Å². The quantitative estimate of drug-likeness (QED) is 0.322. The molecule has 1 N–H and O–H groups in total. The van der Waals surface area contributed by atoms with Crippen LogP contribution in [0.1, 0.15) is 48.3 Å². The fourth-order valence-electron chi connectivity index (χ4n) is 2.38. The lowest BCUT2D eigenvalue weighted by molar-refractivity contribution is 0.169. The number of hydrogen-bond donors (Lipinski definition) is 1. The minimum atomic E-state index is -0.417. The Bertz CT molecular complexity index is 606. The minimum Gasteiger partial charge on any atom is -0.399 e. The van der Waals surface area contributed by atoms with Gasteiger partial charge in [0.1, 0.15) is 14.2 Å². The van der Waals surface area contributed by atoms with Crippen molar-refractivity contribution in [1.29, 1.82) is 0 Å². The topological polar surface area (TPSA) is 63.4 Å². The molecule has 28 heavy (non-hydrogen) atoms. The molecular weight excluding hydrogens is 376 g/mol. The number of rotatable bonds is 10. The van der Waals surface area contributed by atoms with Crippen molar-refractivity contribution < 1.29 is 14.8 Å². The Morgan fingerprint density at radius 2 is 1.29 bits per heavy atom. The molecule has 2 unspecified atom stereocenters. The van der Waals surface area contributed by atoms with Crippen molar-refractivity contribution >= 4 is 24.0 Å². The normalized spacial score (nSPS) is 13.0. The summed E-state index contributed by atoms with van der Waals surface area (Å²) < 4.78 is 0. The van der Waals surface area contributed by atoms with Crippen LogP contribution in [0.5, 0.6) is 0 Å². The van der Waals surface area contributed by atoms with Gasteiger partial charge in [0.2, 0.25) is 0 Å². The largest absolute Gasteiger partial charge is 0.399 e. The average Bonchev–Trinajstić information content (AvgIpc) is 2.76. The van der Waals surface area contributed by atoms with E-state index >= 15 is 0 Å². The number of hydrogen-bond acceptors (Lipinski definition) is 5. The Balaban J connectivity index is 0.000000280. The Hall–Kier alpha value is -2.37. The van der Waals surface area contributed by atoms with E-state index in [1.807, 2.05) is 60.7 Å². The molecule has 0 aliphatic carbocycles. The zero-order chi connectivity index (χ0) is 20.5. The summed E-state index contributed by atoms with van der Waals surface area (Å²) in [6.07, 6.45) is 6.06. The van der Waals surface area contributed by atoms with Gasteiger partial charge in [-0.25, -0.2) is 0 Å². The molecule has 2 aromatic rings. The van der Waals surface area contributed by atoms with Crippen molar-refractivity contribution in [3.05, 3.63) is 71.8 Å². The molecule has 0 aromatic heterocycles. The molecule has 5 nitrogen and oxygen atoms in total. The van der Waals surface area contributed by atoms with Crippen LogP contribution in [0.25, 0.3) is 0 Å². The molecule has 0 saturated carbocycles. The van der Waals surface area contributed by atoms with Gasteiger partial charge in [0.25, 0.3) is 0 Å². The predicted molar refractivity (Wildman–Crippen MR) is 116 cm³/mol. The van der Waals surface area contributed by atoms with Gasteiger partial charge in [-0.05, 0) is 36.8 Å². The van der Waals surface area contributed by atoms with Crippen LogP contribution in [0.2, 0.25) is 0 Å². The second-order valence-corrected chi connectivity index (χ2v) is 6.43. The zero-order valence-electron chi connectivity index (χ0n) is 16.4. The third-order valence-electron chi connectivity index (χ3n) is 3.82. The van der Waals surface area contributed by atoms with Gasteiger partial charge >= 0.3 is 0 Å². The Kier molecular flexibility index (Phi) is 13.2. The third kappa shape index (κ3) is 10.7. The van der Waals surface area contributed by atoms with Crippen molar-refractivity contribution in [2.24, 2.45) is 10.3 Å². The molecule has 0 aliphatic heterocycles. The van der Waals surface area contributed by atoms with Crippen LogP contribution in [0.3, 0.4) is 0 Å². The van der Waals surface area contributed by atoms with E-state index in [9.17, 15) is 5.11 Å². The van der Waals surface area contributed by atoms with Gasteiger partial charge in [0.15, 0.2) is 0 Å². The lowest BCUT2D eigenvalue weighted by Crippen LogP contribution is -1.97. The molecule has 152 valence electrons. The number of oxime groups is 2. The Morgan fingerprint density at radius 3 is 1.79 bits per heavy atom. The molecular formula is C22H29ClN2O3. The average molecular weight is 405 g/mol. The van der Waals surface area contributed by atoms with E-state index in [0.717, 1.165) is 24.0 Å². The van der Waals surface area contributed by atoms with E-state index in [4.69, 9.17) is 11.6 Å². The molecule has 0 saturated heterocycles. The van der Waals surface area contributed by atoms with Gasteiger partial charge in [0.05, 0.1) is 11.5 Å². The molecule has 6 heteroatoms. The molecule has 2 aromatic carbocycles. The highest BCUT2D eigenvalue weighted by molar-refractivity contribution is 6.20. The van der Waals surface area contributed by atoms with E-state index in [2.05, 4.69) is 20.0 Å². The number of benzene rings is 2. The Morgan fingerprint density at radius 1 is 0.821 bits per heavy atom. The van der Waals surface area contributed by atoms with Gasteiger partial charge in [-0.1, -0.05) is 71.0 Å².